The Labute approximate surface area is 196 Å². The number of benzene rings is 1. The van der Waals surface area contributed by atoms with Gasteiger partial charge in [0.1, 0.15) is 29.9 Å². The van der Waals surface area contributed by atoms with Crippen molar-refractivity contribution in [1.29, 1.82) is 0 Å². The number of thiol groups is 1. The molecule has 0 fully saturated rings. The van der Waals surface area contributed by atoms with Crippen LogP contribution in [-0.2, 0) is 25.6 Å². The predicted molar refractivity (Wildman–Crippen MR) is 120 cm³/mol. The van der Waals surface area contributed by atoms with E-state index in [9.17, 15) is 39.6 Å². The highest BCUT2D eigenvalue weighted by atomic mass is 32.1. The fraction of sp³-hybridized carbons (Fsp3) is 0.500. The van der Waals surface area contributed by atoms with Crippen molar-refractivity contribution in [3.05, 3.63) is 29.8 Å². The lowest BCUT2D eigenvalue weighted by atomic mass is 10.0. The van der Waals surface area contributed by atoms with Crippen molar-refractivity contribution in [2.24, 2.45) is 5.73 Å². The van der Waals surface area contributed by atoms with Crippen LogP contribution in [0.2, 0.25) is 0 Å². The first-order chi connectivity index (χ1) is 15.4. The van der Waals surface area contributed by atoms with Crippen molar-refractivity contribution in [2.45, 2.75) is 56.6 Å². The van der Waals surface area contributed by atoms with E-state index in [1.54, 1.807) is 0 Å². The summed E-state index contributed by atoms with van der Waals surface area (Å²) in [5.74, 6) is -4.20. The summed E-state index contributed by atoms with van der Waals surface area (Å²) in [7, 11) is 0. The number of carboxylic acid groups (broad SMARTS) is 1. The highest BCUT2D eigenvalue weighted by Crippen LogP contribution is 2.12. The third-order valence-electron chi connectivity index (χ3n) is 4.69. The number of hydrogen-bond donors (Lipinski definition) is 9. The standard InChI is InChI=1S/C20H30N4O8S/c1-9(25)15(21)18(29)23-14(8-33)17(28)24-16(10(2)26)19(30)22-13(20(31)32)7-11-3-5-12(27)6-4-11/h3-6,9-10,13-16,25-27,33H,7-8,21H2,1-2H3,(H,22,30)(H,23,29)(H,24,28)(H,31,32). The first kappa shape index (κ1) is 28.2. The molecule has 33 heavy (non-hydrogen) atoms. The summed E-state index contributed by atoms with van der Waals surface area (Å²) >= 11 is 3.98. The number of carboxylic acids is 1. The summed E-state index contributed by atoms with van der Waals surface area (Å²) in [5.41, 5.74) is 6.04. The van der Waals surface area contributed by atoms with Crippen LogP contribution in [0.25, 0.3) is 0 Å². The summed E-state index contributed by atoms with van der Waals surface area (Å²) in [6.07, 6.45) is -2.70. The molecule has 6 unspecified atom stereocenters. The third kappa shape index (κ3) is 8.88. The van der Waals surface area contributed by atoms with Gasteiger partial charge < -0.3 is 42.1 Å². The van der Waals surface area contributed by atoms with Gasteiger partial charge >= 0.3 is 5.97 Å². The fourth-order valence-electron chi connectivity index (χ4n) is 2.67. The molecule has 1 aromatic rings. The highest BCUT2D eigenvalue weighted by Gasteiger charge is 2.32. The van der Waals surface area contributed by atoms with Crippen molar-refractivity contribution in [2.75, 3.05) is 5.75 Å². The first-order valence-electron chi connectivity index (χ1n) is 10.0. The Kier molecular flexibility index (Phi) is 11.1. The third-order valence-corrected chi connectivity index (χ3v) is 5.06. The molecular formula is C20H30N4O8S. The van der Waals surface area contributed by atoms with Gasteiger partial charge in [0.25, 0.3) is 0 Å². The molecule has 0 saturated carbocycles. The summed E-state index contributed by atoms with van der Waals surface area (Å²) < 4.78 is 0. The van der Waals surface area contributed by atoms with E-state index in [-0.39, 0.29) is 17.9 Å². The van der Waals surface area contributed by atoms with E-state index in [1.165, 1.54) is 38.1 Å². The average Bonchev–Trinajstić information content (AvgIpc) is 2.75. The number of nitrogens with two attached hydrogens (primary N) is 1. The molecular weight excluding hydrogens is 456 g/mol. The molecule has 0 spiro atoms. The quantitative estimate of drug-likeness (QED) is 0.143. The zero-order valence-corrected chi connectivity index (χ0v) is 19.0. The lowest BCUT2D eigenvalue weighted by Gasteiger charge is -2.26. The molecule has 0 aliphatic heterocycles. The van der Waals surface area contributed by atoms with Crippen LogP contribution in [0.4, 0.5) is 0 Å². The largest absolute Gasteiger partial charge is 0.508 e. The number of hydrogen-bond acceptors (Lipinski definition) is 9. The molecule has 9 N–H and O–H groups in total. The van der Waals surface area contributed by atoms with Gasteiger partial charge in [-0.2, -0.15) is 12.6 Å². The molecule has 0 bridgehead atoms. The van der Waals surface area contributed by atoms with Gasteiger partial charge in [-0.3, -0.25) is 14.4 Å². The number of phenols is 1. The average molecular weight is 487 g/mol. The summed E-state index contributed by atoms with van der Waals surface area (Å²) in [6.45, 7) is 2.52. The molecule has 0 saturated heterocycles. The Hall–Kier alpha value is -2.87. The molecule has 6 atom stereocenters. The minimum atomic E-state index is -1.54. The van der Waals surface area contributed by atoms with Crippen LogP contribution >= 0.6 is 12.6 Å². The highest BCUT2D eigenvalue weighted by molar-refractivity contribution is 7.80. The minimum absolute atomic E-state index is 0.00761. The van der Waals surface area contributed by atoms with E-state index in [1.807, 2.05) is 0 Å². The van der Waals surface area contributed by atoms with Gasteiger partial charge in [-0.1, -0.05) is 12.1 Å². The maximum atomic E-state index is 12.7. The molecule has 0 heterocycles. The monoisotopic (exact) mass is 486 g/mol. The second-order valence-electron chi connectivity index (χ2n) is 7.51. The van der Waals surface area contributed by atoms with Crippen molar-refractivity contribution >= 4 is 36.3 Å². The molecule has 0 aliphatic carbocycles. The summed E-state index contributed by atoms with van der Waals surface area (Å²) in [4.78, 5) is 48.8. The van der Waals surface area contributed by atoms with Crippen LogP contribution < -0.4 is 21.7 Å². The molecule has 0 radical (unpaired) electrons. The van der Waals surface area contributed by atoms with E-state index >= 15 is 0 Å². The molecule has 1 aromatic carbocycles. The van der Waals surface area contributed by atoms with E-state index in [0.29, 0.717) is 5.56 Å². The van der Waals surface area contributed by atoms with E-state index in [4.69, 9.17) is 5.73 Å². The molecule has 184 valence electrons. The zero-order chi connectivity index (χ0) is 25.3. The Balaban J connectivity index is 2.88. The van der Waals surface area contributed by atoms with Crippen molar-refractivity contribution in [3.63, 3.8) is 0 Å². The summed E-state index contributed by atoms with van der Waals surface area (Å²) in [5, 5.41) is 45.0. The van der Waals surface area contributed by atoms with E-state index in [0.717, 1.165) is 0 Å². The number of aliphatic hydroxyl groups is 2. The fourth-order valence-corrected chi connectivity index (χ4v) is 2.93. The Morgan fingerprint density at radius 3 is 1.91 bits per heavy atom. The van der Waals surface area contributed by atoms with E-state index < -0.39 is 60.1 Å². The second-order valence-corrected chi connectivity index (χ2v) is 7.87. The number of aliphatic carboxylic acids is 1. The van der Waals surface area contributed by atoms with Crippen molar-refractivity contribution < 1.29 is 39.6 Å². The molecule has 3 amide bonds. The van der Waals surface area contributed by atoms with Crippen LogP contribution in [0.1, 0.15) is 19.4 Å². The minimum Gasteiger partial charge on any atom is -0.508 e. The molecule has 12 nitrogen and oxygen atoms in total. The number of phenolic OH excluding ortho intramolecular Hbond substituents is 1. The maximum absolute atomic E-state index is 12.7. The second kappa shape index (κ2) is 13.0. The number of carbonyl (C=O) groups is 4. The number of carbonyl (C=O) groups excluding carboxylic acids is 3. The van der Waals surface area contributed by atoms with Gasteiger partial charge in [-0.15, -0.1) is 0 Å². The number of amides is 3. The summed E-state index contributed by atoms with van der Waals surface area (Å²) in [6, 6.07) is 0.244. The van der Waals surface area contributed by atoms with E-state index in [2.05, 4.69) is 28.6 Å². The number of aromatic hydroxyl groups is 1. The van der Waals surface area contributed by atoms with Gasteiger partial charge in [-0.05, 0) is 31.5 Å². The van der Waals surface area contributed by atoms with Crippen LogP contribution in [0, 0.1) is 0 Å². The van der Waals surface area contributed by atoms with Gasteiger partial charge in [0.15, 0.2) is 0 Å². The predicted octanol–water partition coefficient (Wildman–Crippen LogP) is -2.51. The SMILES string of the molecule is CC(O)C(N)C(=O)NC(CS)C(=O)NC(C(=O)NC(Cc1ccc(O)cc1)C(=O)O)C(C)O. The lowest BCUT2D eigenvalue weighted by molar-refractivity contribution is -0.143. The number of nitrogens with one attached hydrogen (secondary N) is 3. The topological polar surface area (TPSA) is 211 Å². The van der Waals surface area contributed by atoms with Crippen molar-refractivity contribution in [3.8, 4) is 5.75 Å². The Morgan fingerprint density at radius 2 is 1.45 bits per heavy atom. The zero-order valence-electron chi connectivity index (χ0n) is 18.1. The Bertz CT molecular complexity index is 834. The Morgan fingerprint density at radius 1 is 0.909 bits per heavy atom. The number of aliphatic hydroxyl groups excluding tert-OH is 2. The smallest absolute Gasteiger partial charge is 0.326 e. The van der Waals surface area contributed by atoms with Crippen molar-refractivity contribution in [1.82, 2.24) is 16.0 Å². The van der Waals surface area contributed by atoms with Crippen LogP contribution in [0.5, 0.6) is 5.75 Å². The van der Waals surface area contributed by atoms with Gasteiger partial charge in [0, 0.05) is 12.2 Å². The van der Waals surface area contributed by atoms with Gasteiger partial charge in [0.2, 0.25) is 17.7 Å². The lowest BCUT2D eigenvalue weighted by Crippen LogP contribution is -2.61. The van der Waals surface area contributed by atoms with Gasteiger partial charge in [0.05, 0.1) is 12.2 Å². The first-order valence-corrected chi connectivity index (χ1v) is 10.6. The van der Waals surface area contributed by atoms with Crippen LogP contribution in [-0.4, -0.2) is 86.2 Å². The molecule has 1 rings (SSSR count). The van der Waals surface area contributed by atoms with Crippen LogP contribution in [0.15, 0.2) is 24.3 Å². The molecule has 0 aromatic heterocycles. The number of rotatable bonds is 12. The van der Waals surface area contributed by atoms with Crippen LogP contribution in [0.3, 0.4) is 0 Å². The maximum Gasteiger partial charge on any atom is 0.326 e. The van der Waals surface area contributed by atoms with Gasteiger partial charge in [-0.25, -0.2) is 4.79 Å². The molecule has 13 heteroatoms. The normalized spacial score (nSPS) is 16.4. The molecule has 0 aliphatic rings.